The normalized spacial score (nSPS) is 23.4. The number of rotatable bonds is 19. The summed E-state index contributed by atoms with van der Waals surface area (Å²) in [6.07, 6.45) is 21.4. The Morgan fingerprint density at radius 1 is 0.859 bits per heavy atom. The second kappa shape index (κ2) is 21.2. The summed E-state index contributed by atoms with van der Waals surface area (Å²) in [5.41, 5.74) is 11.5. The van der Waals surface area contributed by atoms with Crippen molar-refractivity contribution in [3.8, 4) is 0 Å². The predicted molar refractivity (Wildman–Crippen MR) is 258 cm³/mol. The molecule has 0 aromatic heterocycles. The first-order valence-electron chi connectivity index (χ1n) is 23.9. The van der Waals surface area contributed by atoms with E-state index in [-0.39, 0.29) is 36.6 Å². The van der Waals surface area contributed by atoms with Crippen LogP contribution in [0.4, 0.5) is 0 Å². The van der Waals surface area contributed by atoms with Crippen LogP contribution in [0.15, 0.2) is 119 Å². The molecule has 5 atom stereocenters. The van der Waals surface area contributed by atoms with Gasteiger partial charge in [0.15, 0.2) is 5.78 Å². The molecule has 0 aromatic carbocycles. The number of ketones is 1. The number of fused-ring (bicyclic) bond motifs is 5. The quantitative estimate of drug-likeness (QED) is 0.0570. The number of allylic oxidation sites excluding steroid dienone is 12. The summed E-state index contributed by atoms with van der Waals surface area (Å²) in [7, 11) is 1.29. The molecule has 1 saturated heterocycles. The van der Waals surface area contributed by atoms with E-state index in [9.17, 15) is 19.5 Å². The number of hydrogen-bond donors (Lipinski definition) is 2. The number of carbonyl (C=O) groups is 3. The summed E-state index contributed by atoms with van der Waals surface area (Å²) in [4.78, 5) is 56.4. The number of carbonyl (C=O) groups excluding carboxylic acids is 3. The van der Waals surface area contributed by atoms with Gasteiger partial charge < -0.3 is 19.9 Å². The Bertz CT molecular complexity index is 2300. The van der Waals surface area contributed by atoms with Gasteiger partial charge in [-0.25, -0.2) is 15.0 Å². The Kier molecular flexibility index (Phi) is 16.0. The van der Waals surface area contributed by atoms with Crippen molar-refractivity contribution in [1.29, 1.82) is 0 Å². The van der Waals surface area contributed by atoms with E-state index in [1.165, 1.54) is 57.6 Å². The fraction of sp³-hybridized carbons (Fsp3) is 0.556. The molecule has 5 unspecified atom stereocenters. The Morgan fingerprint density at radius 3 is 2.17 bits per heavy atom. The van der Waals surface area contributed by atoms with E-state index >= 15 is 0 Å². The molecule has 0 spiro atoms. The molecule has 6 aliphatic rings. The average Bonchev–Trinajstić information content (AvgIpc) is 3.99. The molecule has 1 saturated carbocycles. The SMILES string of the molecule is CCC1=C(C)C2=CC3=NC(=C(C)/C3=C/O)C=C3NC(=C4C5=NC(=CC1=N2)C(C)=C5C(=O)C4C(=O)OC)C(CCC(=O)OC/C=C(\C)CCCC(C)CCCC(C)CCCC(C)C)C3C. The minimum absolute atomic E-state index is 0.137. The molecule has 1 aliphatic carbocycles. The lowest BCUT2D eigenvalue weighted by atomic mass is 9.85. The molecular formula is C54H72N4O6. The molecule has 0 radical (unpaired) electrons. The van der Waals surface area contributed by atoms with E-state index in [1.54, 1.807) is 0 Å². The van der Waals surface area contributed by atoms with E-state index in [0.29, 0.717) is 63.1 Å². The summed E-state index contributed by atoms with van der Waals surface area (Å²) in [6, 6.07) is 0. The number of aliphatic hydroxyl groups excluding tert-OH is 1. The van der Waals surface area contributed by atoms with Crippen molar-refractivity contribution in [2.24, 2.45) is 50.5 Å². The average molecular weight is 873 g/mol. The lowest BCUT2D eigenvalue weighted by Gasteiger charge is -2.19. The van der Waals surface area contributed by atoms with E-state index < -0.39 is 11.9 Å². The molecule has 8 bridgehead atoms. The number of nitrogens with one attached hydrogen (secondary N) is 1. The number of aliphatic hydroxyl groups is 1. The molecular weight excluding hydrogens is 801 g/mol. The minimum Gasteiger partial charge on any atom is -0.515 e. The number of nitrogens with zero attached hydrogens (tertiary/aromatic N) is 3. The highest BCUT2D eigenvalue weighted by molar-refractivity contribution is 6.42. The van der Waals surface area contributed by atoms with Crippen molar-refractivity contribution in [2.75, 3.05) is 13.7 Å². The first-order chi connectivity index (χ1) is 30.6. The Labute approximate surface area is 382 Å². The van der Waals surface area contributed by atoms with Gasteiger partial charge in [-0.2, -0.15) is 0 Å². The third kappa shape index (κ3) is 10.5. The number of esters is 2. The Balaban J connectivity index is 1.20. The monoisotopic (exact) mass is 873 g/mol. The van der Waals surface area contributed by atoms with Crippen molar-refractivity contribution in [3.63, 3.8) is 0 Å². The van der Waals surface area contributed by atoms with Gasteiger partial charge >= 0.3 is 11.9 Å². The van der Waals surface area contributed by atoms with Gasteiger partial charge in [0.2, 0.25) is 0 Å². The largest absolute Gasteiger partial charge is 0.515 e. The second-order valence-electron chi connectivity index (χ2n) is 19.4. The molecule has 10 heteroatoms. The van der Waals surface area contributed by atoms with Crippen LogP contribution in [0.5, 0.6) is 0 Å². The molecule has 2 N–H and O–H groups in total. The fourth-order valence-electron chi connectivity index (χ4n) is 10.1. The van der Waals surface area contributed by atoms with Gasteiger partial charge in [0.05, 0.1) is 47.6 Å². The van der Waals surface area contributed by atoms with Crippen LogP contribution < -0.4 is 5.32 Å². The fourth-order valence-corrected chi connectivity index (χ4v) is 10.1. The van der Waals surface area contributed by atoms with Crippen LogP contribution in [0.25, 0.3) is 0 Å². The zero-order chi connectivity index (χ0) is 46.4. The summed E-state index contributed by atoms with van der Waals surface area (Å²) in [5, 5.41) is 14.0. The van der Waals surface area contributed by atoms with Crippen LogP contribution in [-0.4, -0.2) is 53.7 Å². The number of aliphatic imine (C=N–C) groups is 3. The van der Waals surface area contributed by atoms with Crippen LogP contribution in [0.2, 0.25) is 0 Å². The highest BCUT2D eigenvalue weighted by Crippen LogP contribution is 2.47. The van der Waals surface area contributed by atoms with Crippen LogP contribution >= 0.6 is 0 Å². The standard InChI is InChI=1S/C54H72N4O6/c1-12-38-34(7)42-27-46-40(29-59)36(9)41(56-46)26-43-35(8)39(51(57-43)49-50(54(62)63-11)53(61)48-37(10)44(58-52(48)49)28-45(38)55-42)22-23-47(60)64-25-24-33(6)21-15-20-32(5)19-14-18-31(4)17-13-16-30(2)3/h24,26-32,35,39,50,57,59H,12-23,25H2,1-11H3/b33-24+,40-29-,42-27?,43-26?,44-28?,51-49?. The summed E-state index contributed by atoms with van der Waals surface area (Å²) in [5.74, 6) is -0.697. The first kappa shape index (κ1) is 48.3. The number of Topliss-reactive ketones (excluding diaryl/α,β-unsaturated/α-hetero) is 1. The lowest BCUT2D eigenvalue weighted by Crippen LogP contribution is -2.26. The predicted octanol–water partition coefficient (Wildman–Crippen LogP) is 12.0. The van der Waals surface area contributed by atoms with Crippen LogP contribution in [0, 0.1) is 35.5 Å². The van der Waals surface area contributed by atoms with Crippen molar-refractivity contribution in [3.05, 3.63) is 104 Å². The maximum atomic E-state index is 14.4. The molecule has 10 nitrogen and oxygen atoms in total. The number of ether oxygens (including phenoxy) is 2. The first-order valence-corrected chi connectivity index (χ1v) is 23.9. The highest BCUT2D eigenvalue weighted by Gasteiger charge is 2.52. The zero-order valence-electron chi connectivity index (χ0n) is 40.4. The summed E-state index contributed by atoms with van der Waals surface area (Å²) in [6.45, 7) is 21.7. The van der Waals surface area contributed by atoms with Gasteiger partial charge in [-0.3, -0.25) is 14.4 Å². The van der Waals surface area contributed by atoms with Gasteiger partial charge in [-0.1, -0.05) is 92.1 Å². The van der Waals surface area contributed by atoms with Crippen LogP contribution in [0.1, 0.15) is 146 Å². The van der Waals surface area contributed by atoms with Gasteiger partial charge in [-0.05, 0) is 118 Å². The second-order valence-corrected chi connectivity index (χ2v) is 19.4. The minimum atomic E-state index is -1.21. The van der Waals surface area contributed by atoms with Crippen molar-refractivity contribution >= 4 is 34.9 Å². The number of hydrogen-bond acceptors (Lipinski definition) is 10. The molecule has 64 heavy (non-hydrogen) atoms. The lowest BCUT2D eigenvalue weighted by molar-refractivity contribution is -0.146. The van der Waals surface area contributed by atoms with E-state index in [2.05, 4.69) is 53.8 Å². The third-order valence-electron chi connectivity index (χ3n) is 14.2. The van der Waals surface area contributed by atoms with E-state index in [4.69, 9.17) is 24.5 Å². The van der Waals surface area contributed by atoms with Crippen molar-refractivity contribution < 1.29 is 29.0 Å². The smallest absolute Gasteiger partial charge is 0.321 e. The van der Waals surface area contributed by atoms with Gasteiger partial charge in [0, 0.05) is 46.4 Å². The molecule has 6 rings (SSSR count). The zero-order valence-corrected chi connectivity index (χ0v) is 40.4. The van der Waals surface area contributed by atoms with Gasteiger partial charge in [0.25, 0.3) is 0 Å². The maximum absolute atomic E-state index is 14.4. The van der Waals surface area contributed by atoms with Gasteiger partial charge in [0.1, 0.15) is 12.5 Å². The topological polar surface area (TPSA) is 139 Å². The van der Waals surface area contributed by atoms with Crippen LogP contribution in [0.3, 0.4) is 0 Å². The molecule has 0 aromatic rings. The Hall–Kier alpha value is -5.12. The summed E-state index contributed by atoms with van der Waals surface area (Å²) < 4.78 is 11.0. The maximum Gasteiger partial charge on any atom is 0.321 e. The Morgan fingerprint density at radius 2 is 1.52 bits per heavy atom. The van der Waals surface area contributed by atoms with E-state index in [0.717, 1.165) is 71.2 Å². The molecule has 2 fully saturated rings. The third-order valence-corrected chi connectivity index (χ3v) is 14.2. The van der Waals surface area contributed by atoms with E-state index in [1.807, 2.05) is 45.1 Å². The number of methoxy groups -OCH3 is 1. The molecule has 5 aliphatic heterocycles. The van der Waals surface area contributed by atoms with Crippen molar-refractivity contribution in [2.45, 2.75) is 146 Å². The molecule has 0 amide bonds. The summed E-state index contributed by atoms with van der Waals surface area (Å²) >= 11 is 0. The van der Waals surface area contributed by atoms with Crippen LogP contribution in [-0.2, 0) is 23.9 Å². The molecule has 344 valence electrons. The van der Waals surface area contributed by atoms with Gasteiger partial charge in [-0.15, -0.1) is 0 Å². The highest BCUT2D eigenvalue weighted by atomic mass is 16.5. The van der Waals surface area contributed by atoms with Crippen molar-refractivity contribution in [1.82, 2.24) is 5.32 Å². The molecule has 5 heterocycles.